The van der Waals surface area contributed by atoms with Crippen LogP contribution >= 0.6 is 15.9 Å². The van der Waals surface area contributed by atoms with Crippen LogP contribution in [0.2, 0.25) is 0 Å². The molecule has 1 saturated carbocycles. The number of halogens is 1. The van der Waals surface area contributed by atoms with Crippen molar-refractivity contribution in [2.24, 2.45) is 11.3 Å². The first-order valence-electron chi connectivity index (χ1n) is 8.07. The molecule has 1 aromatic carbocycles. The van der Waals surface area contributed by atoms with E-state index in [1.807, 2.05) is 0 Å². The van der Waals surface area contributed by atoms with Gasteiger partial charge in [-0.15, -0.1) is 0 Å². The number of hydrogen-bond donors (Lipinski definition) is 1. The summed E-state index contributed by atoms with van der Waals surface area (Å²) in [4.78, 5) is 0. The highest BCUT2D eigenvalue weighted by Crippen LogP contribution is 2.55. The van der Waals surface area contributed by atoms with Gasteiger partial charge in [-0.25, -0.2) is 0 Å². The molecular weight excluding hydrogens is 326 g/mol. The zero-order valence-corrected chi connectivity index (χ0v) is 15.1. The van der Waals surface area contributed by atoms with Crippen LogP contribution in [0, 0.1) is 11.3 Å². The monoisotopic (exact) mass is 351 g/mol. The summed E-state index contributed by atoms with van der Waals surface area (Å²) in [5.41, 5.74) is 1.67. The SMILES string of the molecule is CCNC1CC2(CC(C)(C)CC2C)Oc2cc(Br)ccc21. The molecule has 3 unspecified atom stereocenters. The summed E-state index contributed by atoms with van der Waals surface area (Å²) in [6.45, 7) is 10.3. The summed E-state index contributed by atoms with van der Waals surface area (Å²) < 4.78 is 7.71. The van der Waals surface area contributed by atoms with E-state index in [0.29, 0.717) is 17.4 Å². The van der Waals surface area contributed by atoms with Gasteiger partial charge >= 0.3 is 0 Å². The lowest BCUT2D eigenvalue weighted by Gasteiger charge is -2.43. The molecule has 1 heterocycles. The van der Waals surface area contributed by atoms with Crippen molar-refractivity contribution < 1.29 is 4.74 Å². The number of benzene rings is 1. The Balaban J connectivity index is 2.00. The highest BCUT2D eigenvalue weighted by Gasteiger charge is 2.53. The Morgan fingerprint density at radius 1 is 1.33 bits per heavy atom. The lowest BCUT2D eigenvalue weighted by molar-refractivity contribution is -0.00274. The summed E-state index contributed by atoms with van der Waals surface area (Å²) in [5, 5.41) is 3.66. The van der Waals surface area contributed by atoms with Gasteiger partial charge in [-0.1, -0.05) is 49.7 Å². The molecule has 0 bridgehead atoms. The van der Waals surface area contributed by atoms with Crippen LogP contribution in [0.15, 0.2) is 22.7 Å². The van der Waals surface area contributed by atoms with Gasteiger partial charge in [0.25, 0.3) is 0 Å². The van der Waals surface area contributed by atoms with Gasteiger partial charge in [-0.3, -0.25) is 0 Å². The fourth-order valence-corrected chi connectivity index (χ4v) is 4.85. The van der Waals surface area contributed by atoms with Gasteiger partial charge in [-0.05, 0) is 42.9 Å². The van der Waals surface area contributed by atoms with Crippen molar-refractivity contribution >= 4 is 15.9 Å². The van der Waals surface area contributed by atoms with Crippen molar-refractivity contribution in [2.75, 3.05) is 6.54 Å². The molecule has 3 atom stereocenters. The minimum atomic E-state index is -0.00979. The van der Waals surface area contributed by atoms with Crippen molar-refractivity contribution in [3.8, 4) is 5.75 Å². The molecule has 1 aliphatic heterocycles. The van der Waals surface area contributed by atoms with E-state index in [1.165, 1.54) is 12.0 Å². The quantitative estimate of drug-likeness (QED) is 0.802. The Kier molecular flexibility index (Phi) is 3.86. The van der Waals surface area contributed by atoms with Crippen molar-refractivity contribution in [1.29, 1.82) is 0 Å². The van der Waals surface area contributed by atoms with Crippen LogP contribution in [0.5, 0.6) is 5.75 Å². The summed E-state index contributed by atoms with van der Waals surface area (Å²) >= 11 is 3.58. The maximum absolute atomic E-state index is 6.62. The van der Waals surface area contributed by atoms with Crippen molar-refractivity contribution in [3.05, 3.63) is 28.2 Å². The van der Waals surface area contributed by atoms with Crippen molar-refractivity contribution in [2.45, 2.75) is 58.6 Å². The van der Waals surface area contributed by atoms with Crippen LogP contribution in [0.4, 0.5) is 0 Å². The Bertz CT molecular complexity index is 542. The number of nitrogens with one attached hydrogen (secondary N) is 1. The molecule has 2 nitrogen and oxygen atoms in total. The normalized spacial score (nSPS) is 33.8. The molecule has 1 aliphatic carbocycles. The fraction of sp³-hybridized carbons (Fsp3) is 0.667. The maximum atomic E-state index is 6.62. The van der Waals surface area contributed by atoms with E-state index in [0.717, 1.165) is 29.6 Å². The van der Waals surface area contributed by atoms with E-state index < -0.39 is 0 Å². The van der Waals surface area contributed by atoms with Gasteiger partial charge in [0.05, 0.1) is 0 Å². The third-order valence-electron chi connectivity index (χ3n) is 5.20. The predicted octanol–water partition coefficient (Wildman–Crippen LogP) is 5.08. The number of fused-ring (bicyclic) bond motifs is 1. The van der Waals surface area contributed by atoms with E-state index in [4.69, 9.17) is 4.74 Å². The molecule has 0 amide bonds. The van der Waals surface area contributed by atoms with Crippen molar-refractivity contribution in [1.82, 2.24) is 5.32 Å². The number of rotatable bonds is 2. The largest absolute Gasteiger partial charge is 0.487 e. The van der Waals surface area contributed by atoms with Crippen LogP contribution in [0.1, 0.15) is 58.6 Å². The van der Waals surface area contributed by atoms with E-state index in [-0.39, 0.29) is 5.60 Å². The molecule has 0 aromatic heterocycles. The van der Waals surface area contributed by atoms with E-state index in [2.05, 4.69) is 67.1 Å². The molecule has 1 N–H and O–H groups in total. The summed E-state index contributed by atoms with van der Waals surface area (Å²) in [6.07, 6.45) is 3.48. The second kappa shape index (κ2) is 5.27. The molecule has 116 valence electrons. The first kappa shape index (κ1) is 15.4. The molecule has 2 aliphatic rings. The van der Waals surface area contributed by atoms with Crippen LogP contribution in [0.3, 0.4) is 0 Å². The summed E-state index contributed by atoms with van der Waals surface area (Å²) in [5.74, 6) is 1.66. The average Bonchev–Trinajstić information content (AvgIpc) is 2.58. The predicted molar refractivity (Wildman–Crippen MR) is 90.7 cm³/mol. The second-order valence-corrected chi connectivity index (χ2v) is 8.53. The molecule has 21 heavy (non-hydrogen) atoms. The van der Waals surface area contributed by atoms with E-state index >= 15 is 0 Å². The Hall–Kier alpha value is -0.540. The standard InChI is InChI=1S/C18H26BrNO/c1-5-20-15-10-18(11-17(3,4)9-12(18)2)21-16-8-13(19)6-7-14(15)16/h6-8,12,15,20H,5,9-11H2,1-4H3. The zero-order valence-electron chi connectivity index (χ0n) is 13.5. The number of hydrogen-bond acceptors (Lipinski definition) is 2. The molecule has 1 aromatic rings. The lowest BCUT2D eigenvalue weighted by atomic mass is 9.80. The third kappa shape index (κ3) is 2.75. The van der Waals surface area contributed by atoms with Gasteiger partial charge < -0.3 is 10.1 Å². The molecule has 0 saturated heterocycles. The maximum Gasteiger partial charge on any atom is 0.126 e. The van der Waals surface area contributed by atoms with Crippen LogP contribution in [-0.4, -0.2) is 12.1 Å². The van der Waals surface area contributed by atoms with Crippen molar-refractivity contribution in [3.63, 3.8) is 0 Å². The molecule has 3 heteroatoms. The molecule has 0 radical (unpaired) electrons. The second-order valence-electron chi connectivity index (χ2n) is 7.61. The average molecular weight is 352 g/mol. The molecular formula is C18H26BrNO. The Morgan fingerprint density at radius 3 is 2.71 bits per heavy atom. The lowest BCUT2D eigenvalue weighted by Crippen LogP contribution is -2.46. The van der Waals surface area contributed by atoms with E-state index in [1.54, 1.807) is 0 Å². The topological polar surface area (TPSA) is 21.3 Å². The Labute approximate surface area is 136 Å². The fourth-order valence-electron chi connectivity index (χ4n) is 4.51. The van der Waals surface area contributed by atoms with Crippen LogP contribution < -0.4 is 10.1 Å². The van der Waals surface area contributed by atoms with E-state index in [9.17, 15) is 0 Å². The van der Waals surface area contributed by atoms with Gasteiger partial charge in [0.2, 0.25) is 0 Å². The van der Waals surface area contributed by atoms with Gasteiger partial charge in [-0.2, -0.15) is 0 Å². The first-order chi connectivity index (χ1) is 9.85. The smallest absolute Gasteiger partial charge is 0.126 e. The minimum absolute atomic E-state index is 0.00979. The summed E-state index contributed by atoms with van der Waals surface area (Å²) in [7, 11) is 0. The minimum Gasteiger partial charge on any atom is -0.487 e. The highest BCUT2D eigenvalue weighted by molar-refractivity contribution is 9.10. The Morgan fingerprint density at radius 2 is 2.10 bits per heavy atom. The van der Waals surface area contributed by atoms with Crippen LogP contribution in [0.25, 0.3) is 0 Å². The van der Waals surface area contributed by atoms with Gasteiger partial charge in [0, 0.05) is 22.5 Å². The summed E-state index contributed by atoms with van der Waals surface area (Å²) in [6, 6.07) is 6.86. The highest BCUT2D eigenvalue weighted by atomic mass is 79.9. The number of ether oxygens (including phenoxy) is 1. The third-order valence-corrected chi connectivity index (χ3v) is 5.69. The first-order valence-corrected chi connectivity index (χ1v) is 8.86. The molecule has 3 rings (SSSR count). The molecule has 1 spiro atoms. The zero-order chi connectivity index (χ0) is 15.3. The van der Waals surface area contributed by atoms with Crippen LogP contribution in [-0.2, 0) is 0 Å². The van der Waals surface area contributed by atoms with Gasteiger partial charge in [0.1, 0.15) is 11.4 Å². The van der Waals surface area contributed by atoms with Gasteiger partial charge in [0.15, 0.2) is 0 Å². The molecule has 1 fully saturated rings.